The van der Waals surface area contributed by atoms with Crippen molar-refractivity contribution in [3.63, 3.8) is 0 Å². The fourth-order valence-electron chi connectivity index (χ4n) is 9.19. The summed E-state index contributed by atoms with van der Waals surface area (Å²) in [6, 6.07) is 23.4. The molecule has 1 N–H and O–H groups in total. The van der Waals surface area contributed by atoms with E-state index < -0.39 is 6.10 Å². The highest BCUT2D eigenvalue weighted by Crippen LogP contribution is 2.62. The second-order valence-electron chi connectivity index (χ2n) is 13.9. The van der Waals surface area contributed by atoms with Gasteiger partial charge in [0.1, 0.15) is 18.0 Å². The number of likely N-dealkylation sites (tertiary alicyclic amines) is 2. The molecule has 7 heteroatoms. The summed E-state index contributed by atoms with van der Waals surface area (Å²) >= 11 is 0. The second-order valence-corrected chi connectivity index (χ2v) is 13.9. The van der Waals surface area contributed by atoms with Crippen LogP contribution in [0, 0.1) is 5.92 Å². The summed E-state index contributed by atoms with van der Waals surface area (Å²) in [7, 11) is 2.22. The molecule has 8 rings (SSSR count). The summed E-state index contributed by atoms with van der Waals surface area (Å²) in [6.07, 6.45) is 8.56. The molecule has 0 radical (unpaired) electrons. The Balaban J connectivity index is 1.03. The highest BCUT2D eigenvalue weighted by Gasteiger charge is 2.64. The van der Waals surface area contributed by atoms with E-state index in [1.54, 1.807) is 0 Å². The molecule has 0 saturated carbocycles. The predicted octanol–water partition coefficient (Wildman–Crippen LogP) is 5.73. The van der Waals surface area contributed by atoms with Crippen molar-refractivity contribution in [2.45, 2.75) is 75.2 Å². The third-order valence-corrected chi connectivity index (χ3v) is 11.5. The Hall–Kier alpha value is -3.65. The standard InChI is InChI=1S/C39H45N3O4/c1-3-35(44)42(28-17-21-41(22-18-28)20-16-26-8-5-4-6-9-26)29-10-7-11-30(25-29)45-34-15-12-27-24-32-31-13-14-33(43)38-39(31,19-23-40(32)2)36(27)37(34)46-38/h4-15,25,28,31-33,38,43H,3,16-24H2,1-2H3/t31-,32+,33-,38-,39-/m0/s1. The van der Waals surface area contributed by atoms with Crippen LogP contribution < -0.4 is 14.4 Å². The van der Waals surface area contributed by atoms with Gasteiger partial charge in [-0.3, -0.25) is 4.79 Å². The monoisotopic (exact) mass is 619 g/mol. The lowest BCUT2D eigenvalue weighted by molar-refractivity contribution is -0.119. The fraction of sp³-hybridized carbons (Fsp3) is 0.462. The molecule has 0 unspecified atom stereocenters. The maximum absolute atomic E-state index is 13.4. The number of benzene rings is 3. The number of nitrogens with zero attached hydrogens (tertiary/aromatic N) is 3. The van der Waals surface area contributed by atoms with Crippen LogP contribution in [0.1, 0.15) is 49.3 Å². The Morgan fingerprint density at radius 1 is 1.04 bits per heavy atom. The molecule has 240 valence electrons. The summed E-state index contributed by atoms with van der Waals surface area (Å²) in [5.74, 6) is 2.61. The highest BCUT2D eigenvalue weighted by molar-refractivity contribution is 5.94. The molecule has 1 amide bonds. The number of ether oxygens (including phenoxy) is 2. The van der Waals surface area contributed by atoms with Crippen molar-refractivity contribution in [3.05, 3.63) is 95.6 Å². The Labute approximate surface area is 272 Å². The zero-order chi connectivity index (χ0) is 31.4. The summed E-state index contributed by atoms with van der Waals surface area (Å²) in [6.45, 7) is 5.94. The summed E-state index contributed by atoms with van der Waals surface area (Å²) in [4.78, 5) is 20.4. The van der Waals surface area contributed by atoms with Crippen LogP contribution in [-0.2, 0) is 23.1 Å². The van der Waals surface area contributed by atoms with Gasteiger partial charge in [0.05, 0.1) is 0 Å². The first-order valence-electron chi connectivity index (χ1n) is 17.2. The number of rotatable bonds is 8. The largest absolute Gasteiger partial charge is 0.482 e. The van der Waals surface area contributed by atoms with Crippen molar-refractivity contribution >= 4 is 11.6 Å². The lowest BCUT2D eigenvalue weighted by Gasteiger charge is -2.56. The van der Waals surface area contributed by atoms with Crippen LogP contribution in [0.25, 0.3) is 0 Å². The van der Waals surface area contributed by atoms with Crippen molar-refractivity contribution in [1.82, 2.24) is 9.80 Å². The molecule has 3 aromatic carbocycles. The first kappa shape index (κ1) is 29.7. The molecular formula is C39H45N3O4. The van der Waals surface area contributed by atoms with Crippen molar-refractivity contribution < 1.29 is 19.4 Å². The van der Waals surface area contributed by atoms with Crippen LogP contribution in [0.15, 0.2) is 78.9 Å². The van der Waals surface area contributed by atoms with E-state index in [0.717, 1.165) is 69.7 Å². The first-order valence-corrected chi connectivity index (χ1v) is 17.2. The van der Waals surface area contributed by atoms with E-state index >= 15 is 0 Å². The van der Waals surface area contributed by atoms with Crippen LogP contribution in [0.2, 0.25) is 0 Å². The normalized spacial score (nSPS) is 28.4. The van der Waals surface area contributed by atoms with Gasteiger partial charge >= 0.3 is 0 Å². The number of hydrogen-bond donors (Lipinski definition) is 1. The van der Waals surface area contributed by atoms with Gasteiger partial charge < -0.3 is 29.3 Å². The van der Waals surface area contributed by atoms with Crippen molar-refractivity contribution in [2.75, 3.05) is 38.1 Å². The topological polar surface area (TPSA) is 65.5 Å². The predicted molar refractivity (Wildman–Crippen MR) is 180 cm³/mol. The first-order chi connectivity index (χ1) is 22.5. The summed E-state index contributed by atoms with van der Waals surface area (Å²) in [5.41, 5.74) is 4.58. The Bertz CT molecular complexity index is 1630. The molecule has 3 aromatic rings. The van der Waals surface area contributed by atoms with E-state index in [1.165, 1.54) is 16.7 Å². The molecule has 5 aliphatic rings. The van der Waals surface area contributed by atoms with E-state index in [1.807, 2.05) is 48.2 Å². The maximum Gasteiger partial charge on any atom is 0.226 e. The quantitative estimate of drug-likeness (QED) is 0.325. The van der Waals surface area contributed by atoms with Gasteiger partial charge in [0.15, 0.2) is 11.5 Å². The number of likely N-dealkylation sites (N-methyl/N-ethyl adjacent to an activating group) is 1. The molecule has 0 aromatic heterocycles. The molecule has 2 aliphatic carbocycles. The number of anilines is 1. The zero-order valence-electron chi connectivity index (χ0n) is 27.0. The van der Waals surface area contributed by atoms with Crippen LogP contribution in [0.4, 0.5) is 5.69 Å². The van der Waals surface area contributed by atoms with E-state index in [0.29, 0.717) is 29.9 Å². The average molecular weight is 620 g/mol. The number of amides is 1. The van der Waals surface area contributed by atoms with Crippen molar-refractivity contribution in [3.8, 4) is 17.2 Å². The van der Waals surface area contributed by atoms with Gasteiger partial charge in [0, 0.05) is 66.8 Å². The molecular weight excluding hydrogens is 574 g/mol. The van der Waals surface area contributed by atoms with Gasteiger partial charge in [-0.05, 0) is 75.0 Å². The molecule has 7 nitrogen and oxygen atoms in total. The lowest BCUT2D eigenvalue weighted by Crippen LogP contribution is -2.64. The second kappa shape index (κ2) is 11.9. The Morgan fingerprint density at radius 3 is 2.67 bits per heavy atom. The third kappa shape index (κ3) is 4.86. The zero-order valence-corrected chi connectivity index (χ0v) is 27.0. The molecule has 46 heavy (non-hydrogen) atoms. The Morgan fingerprint density at radius 2 is 1.87 bits per heavy atom. The number of piperidine rings is 2. The highest BCUT2D eigenvalue weighted by atomic mass is 16.5. The van der Waals surface area contributed by atoms with Crippen molar-refractivity contribution in [1.29, 1.82) is 0 Å². The van der Waals surface area contributed by atoms with Crippen molar-refractivity contribution in [2.24, 2.45) is 5.92 Å². The molecule has 5 atom stereocenters. The number of carbonyl (C=O) groups is 1. The van der Waals surface area contributed by atoms with E-state index in [-0.39, 0.29) is 23.5 Å². The van der Waals surface area contributed by atoms with Gasteiger partial charge in [-0.2, -0.15) is 0 Å². The minimum Gasteiger partial charge on any atom is -0.482 e. The molecule has 2 saturated heterocycles. The fourth-order valence-corrected chi connectivity index (χ4v) is 9.19. The van der Waals surface area contributed by atoms with Gasteiger partial charge in [-0.25, -0.2) is 0 Å². The maximum atomic E-state index is 13.4. The molecule has 2 fully saturated rings. The number of aliphatic hydroxyl groups excluding tert-OH is 1. The number of carbonyl (C=O) groups excluding carboxylic acids is 1. The smallest absolute Gasteiger partial charge is 0.226 e. The molecule has 3 aliphatic heterocycles. The number of hydrogen-bond acceptors (Lipinski definition) is 6. The summed E-state index contributed by atoms with van der Waals surface area (Å²) < 4.78 is 13.3. The lowest BCUT2D eigenvalue weighted by atomic mass is 9.53. The average Bonchev–Trinajstić information content (AvgIpc) is 3.44. The third-order valence-electron chi connectivity index (χ3n) is 11.5. The van der Waals surface area contributed by atoms with Gasteiger partial charge in [-0.1, -0.05) is 61.5 Å². The summed E-state index contributed by atoms with van der Waals surface area (Å²) in [5, 5.41) is 11.1. The minimum absolute atomic E-state index is 0.142. The van der Waals surface area contributed by atoms with Crippen LogP contribution in [0.5, 0.6) is 17.2 Å². The van der Waals surface area contributed by atoms with Gasteiger partial charge in [0.2, 0.25) is 5.91 Å². The SMILES string of the molecule is CCC(=O)N(c1cccc(Oc2ccc3c4c2O[C@H]2[C@@H](O)C=C[C@H]5[C@@H](C3)N(C)CC[C@@]452)c1)C1CCN(CCc2ccccc2)CC1. The van der Waals surface area contributed by atoms with E-state index in [2.05, 4.69) is 59.3 Å². The molecule has 3 heterocycles. The van der Waals surface area contributed by atoms with Crippen LogP contribution >= 0.6 is 0 Å². The van der Waals surface area contributed by atoms with Crippen LogP contribution in [-0.4, -0.2) is 78.3 Å². The Kier molecular flexibility index (Phi) is 7.66. The molecule has 1 spiro atoms. The van der Waals surface area contributed by atoms with Crippen LogP contribution in [0.3, 0.4) is 0 Å². The van der Waals surface area contributed by atoms with E-state index in [4.69, 9.17) is 9.47 Å². The van der Waals surface area contributed by atoms with E-state index in [9.17, 15) is 9.90 Å². The number of aliphatic hydroxyl groups is 1. The minimum atomic E-state index is -0.645. The molecule has 2 bridgehead atoms. The van der Waals surface area contributed by atoms with Gasteiger partial charge in [0.25, 0.3) is 0 Å². The van der Waals surface area contributed by atoms with Gasteiger partial charge in [-0.15, -0.1) is 0 Å².